The number of benzene rings is 3. The normalized spacial score (nSPS) is 11.8. The van der Waals surface area contributed by atoms with E-state index < -0.39 is 0 Å². The lowest BCUT2D eigenvalue weighted by molar-refractivity contribution is -0.123. The number of rotatable bonds is 7. The lowest BCUT2D eigenvalue weighted by atomic mass is 10.1. The zero-order valence-electron chi connectivity index (χ0n) is 16.0. The smallest absolute Gasteiger partial charge is 0.258 e. The first-order valence-electron chi connectivity index (χ1n) is 9.31. The lowest BCUT2D eigenvalue weighted by Crippen LogP contribution is -2.32. The summed E-state index contributed by atoms with van der Waals surface area (Å²) in [5.74, 6) is 1.26. The topological polar surface area (TPSA) is 47.6 Å². The standard InChI is InChI=1S/C24H21NO3S/c1-27-20-11-9-17-10-12-21(15-19(17)14-20)28-16-23(26)25-24(22-8-5-13-29-22)18-6-3-2-4-7-18/h2-15,24H,16H2,1H3,(H,25,26). The van der Waals surface area contributed by atoms with Crippen molar-refractivity contribution < 1.29 is 14.3 Å². The summed E-state index contributed by atoms with van der Waals surface area (Å²) in [4.78, 5) is 13.7. The van der Waals surface area contributed by atoms with E-state index in [1.807, 2.05) is 84.2 Å². The molecule has 1 N–H and O–H groups in total. The molecule has 146 valence electrons. The molecule has 0 radical (unpaired) electrons. The van der Waals surface area contributed by atoms with Crippen molar-refractivity contribution >= 4 is 28.0 Å². The number of thiophene rings is 1. The van der Waals surface area contributed by atoms with Gasteiger partial charge in [-0.1, -0.05) is 48.5 Å². The molecule has 1 amide bonds. The number of nitrogens with one attached hydrogen (secondary N) is 1. The third-order valence-corrected chi connectivity index (χ3v) is 5.59. The minimum absolute atomic E-state index is 0.0514. The van der Waals surface area contributed by atoms with Gasteiger partial charge in [-0.15, -0.1) is 11.3 Å². The van der Waals surface area contributed by atoms with Crippen LogP contribution in [-0.2, 0) is 4.79 Å². The van der Waals surface area contributed by atoms with Crippen molar-refractivity contribution in [3.05, 3.63) is 94.7 Å². The maximum atomic E-state index is 12.6. The van der Waals surface area contributed by atoms with Gasteiger partial charge in [0.1, 0.15) is 11.5 Å². The molecule has 0 bridgehead atoms. The van der Waals surface area contributed by atoms with Gasteiger partial charge in [0.15, 0.2) is 6.61 Å². The number of amides is 1. The predicted molar refractivity (Wildman–Crippen MR) is 117 cm³/mol. The number of hydrogen-bond donors (Lipinski definition) is 1. The minimum Gasteiger partial charge on any atom is -0.497 e. The van der Waals surface area contributed by atoms with Crippen LogP contribution in [0.15, 0.2) is 84.2 Å². The second kappa shape index (κ2) is 8.80. The van der Waals surface area contributed by atoms with Crippen LogP contribution in [0.4, 0.5) is 0 Å². The number of methoxy groups -OCH3 is 1. The SMILES string of the molecule is COc1ccc2ccc(OCC(=O)NC(c3ccccc3)c3cccs3)cc2c1. The molecular weight excluding hydrogens is 382 g/mol. The first-order valence-corrected chi connectivity index (χ1v) is 10.2. The van der Waals surface area contributed by atoms with Crippen molar-refractivity contribution in [2.24, 2.45) is 0 Å². The summed E-state index contributed by atoms with van der Waals surface area (Å²) >= 11 is 1.62. The van der Waals surface area contributed by atoms with E-state index in [9.17, 15) is 4.79 Å². The Morgan fingerprint density at radius 2 is 1.69 bits per heavy atom. The molecule has 0 saturated carbocycles. The predicted octanol–water partition coefficient (Wildman–Crippen LogP) is 5.19. The summed E-state index contributed by atoms with van der Waals surface area (Å²) in [7, 11) is 1.64. The Morgan fingerprint density at radius 1 is 0.931 bits per heavy atom. The van der Waals surface area contributed by atoms with E-state index >= 15 is 0 Å². The fourth-order valence-corrected chi connectivity index (χ4v) is 3.99. The summed E-state index contributed by atoms with van der Waals surface area (Å²) in [5, 5.41) is 7.19. The van der Waals surface area contributed by atoms with Crippen LogP contribution in [-0.4, -0.2) is 19.6 Å². The van der Waals surface area contributed by atoms with Crippen molar-refractivity contribution in [2.75, 3.05) is 13.7 Å². The van der Waals surface area contributed by atoms with Crippen LogP contribution in [0.25, 0.3) is 10.8 Å². The highest BCUT2D eigenvalue weighted by atomic mass is 32.1. The van der Waals surface area contributed by atoms with Gasteiger partial charge in [0.05, 0.1) is 13.2 Å². The van der Waals surface area contributed by atoms with Gasteiger partial charge in [0.2, 0.25) is 0 Å². The summed E-state index contributed by atoms with van der Waals surface area (Å²) in [5.41, 5.74) is 1.04. The summed E-state index contributed by atoms with van der Waals surface area (Å²) < 4.78 is 11.0. The van der Waals surface area contributed by atoms with Crippen molar-refractivity contribution in [3.8, 4) is 11.5 Å². The molecule has 0 aliphatic heterocycles. The molecule has 0 aliphatic rings. The van der Waals surface area contributed by atoms with E-state index in [2.05, 4.69) is 5.32 Å². The van der Waals surface area contributed by atoms with Crippen molar-refractivity contribution in [1.82, 2.24) is 5.32 Å². The molecule has 3 aromatic carbocycles. The first-order chi connectivity index (χ1) is 14.2. The van der Waals surface area contributed by atoms with E-state index in [4.69, 9.17) is 9.47 Å². The fraction of sp³-hybridized carbons (Fsp3) is 0.125. The van der Waals surface area contributed by atoms with Crippen LogP contribution in [0.3, 0.4) is 0 Å². The molecule has 0 aliphatic carbocycles. The molecule has 4 rings (SSSR count). The zero-order valence-corrected chi connectivity index (χ0v) is 16.8. The van der Waals surface area contributed by atoms with Crippen LogP contribution < -0.4 is 14.8 Å². The number of hydrogen-bond acceptors (Lipinski definition) is 4. The van der Waals surface area contributed by atoms with Gasteiger partial charge in [-0.25, -0.2) is 0 Å². The molecule has 0 spiro atoms. The highest BCUT2D eigenvalue weighted by Crippen LogP contribution is 2.27. The molecule has 1 heterocycles. The van der Waals surface area contributed by atoms with Gasteiger partial charge in [-0.05, 0) is 52.0 Å². The average Bonchev–Trinajstić information content (AvgIpc) is 3.30. The second-order valence-corrected chi connectivity index (χ2v) is 7.57. The van der Waals surface area contributed by atoms with E-state index in [1.54, 1.807) is 18.4 Å². The van der Waals surface area contributed by atoms with Crippen LogP contribution in [0.2, 0.25) is 0 Å². The molecule has 4 nitrogen and oxygen atoms in total. The Labute approximate surface area is 173 Å². The summed E-state index contributed by atoms with van der Waals surface area (Å²) in [6.45, 7) is -0.0514. The second-order valence-electron chi connectivity index (χ2n) is 6.59. The van der Waals surface area contributed by atoms with Crippen LogP contribution in [0.5, 0.6) is 11.5 Å². The average molecular weight is 404 g/mol. The molecule has 5 heteroatoms. The third kappa shape index (κ3) is 4.58. The van der Waals surface area contributed by atoms with Gasteiger partial charge >= 0.3 is 0 Å². The Balaban J connectivity index is 1.45. The highest BCUT2D eigenvalue weighted by molar-refractivity contribution is 7.10. The van der Waals surface area contributed by atoms with Crippen LogP contribution in [0, 0.1) is 0 Å². The van der Waals surface area contributed by atoms with Gasteiger partial charge in [-0.2, -0.15) is 0 Å². The van der Waals surface area contributed by atoms with Crippen molar-refractivity contribution in [1.29, 1.82) is 0 Å². The van der Waals surface area contributed by atoms with Gasteiger partial charge in [0, 0.05) is 4.88 Å². The van der Waals surface area contributed by atoms with E-state index in [-0.39, 0.29) is 18.6 Å². The van der Waals surface area contributed by atoms with Gasteiger partial charge < -0.3 is 14.8 Å². The summed E-state index contributed by atoms with van der Waals surface area (Å²) in [6, 6.07) is 25.4. The van der Waals surface area contributed by atoms with Crippen molar-refractivity contribution in [2.45, 2.75) is 6.04 Å². The maximum absolute atomic E-state index is 12.6. The van der Waals surface area contributed by atoms with E-state index in [1.165, 1.54) is 0 Å². The zero-order chi connectivity index (χ0) is 20.1. The third-order valence-electron chi connectivity index (χ3n) is 4.65. The fourth-order valence-electron chi connectivity index (χ4n) is 3.19. The Bertz CT molecular complexity index is 1090. The highest BCUT2D eigenvalue weighted by Gasteiger charge is 2.18. The molecule has 1 atom stereocenters. The summed E-state index contributed by atoms with van der Waals surface area (Å²) in [6.07, 6.45) is 0. The Morgan fingerprint density at radius 3 is 2.41 bits per heavy atom. The first kappa shape index (κ1) is 19.0. The van der Waals surface area contributed by atoms with E-state index in [0.717, 1.165) is 27.0 Å². The maximum Gasteiger partial charge on any atom is 0.258 e. The molecule has 4 aromatic rings. The van der Waals surface area contributed by atoms with E-state index in [0.29, 0.717) is 5.75 Å². The molecule has 1 unspecified atom stereocenters. The van der Waals surface area contributed by atoms with Gasteiger partial charge in [0.25, 0.3) is 5.91 Å². The molecule has 0 fully saturated rings. The van der Waals surface area contributed by atoms with Gasteiger partial charge in [-0.3, -0.25) is 4.79 Å². The minimum atomic E-state index is -0.187. The number of carbonyl (C=O) groups is 1. The number of ether oxygens (including phenoxy) is 2. The Hall–Kier alpha value is -3.31. The molecular formula is C24H21NO3S. The Kier molecular flexibility index (Phi) is 5.77. The molecule has 1 aromatic heterocycles. The quantitative estimate of drug-likeness (QED) is 0.462. The lowest BCUT2D eigenvalue weighted by Gasteiger charge is -2.18. The monoisotopic (exact) mass is 403 g/mol. The van der Waals surface area contributed by atoms with Crippen LogP contribution in [0.1, 0.15) is 16.5 Å². The molecule has 29 heavy (non-hydrogen) atoms. The number of carbonyl (C=O) groups excluding carboxylic acids is 1. The number of fused-ring (bicyclic) bond motifs is 1. The van der Waals surface area contributed by atoms with Crippen molar-refractivity contribution in [3.63, 3.8) is 0 Å². The van der Waals surface area contributed by atoms with Crippen LogP contribution >= 0.6 is 11.3 Å². The molecule has 0 saturated heterocycles. The largest absolute Gasteiger partial charge is 0.497 e.